The number of ketones is 1. The van der Waals surface area contributed by atoms with Crippen LogP contribution in [0.25, 0.3) is 0 Å². The third-order valence-corrected chi connectivity index (χ3v) is 6.19. The van der Waals surface area contributed by atoms with Crippen LogP contribution in [0.2, 0.25) is 0 Å². The van der Waals surface area contributed by atoms with Gasteiger partial charge in [-0.25, -0.2) is 8.78 Å². The number of carbonyl (C=O) groups excluding carboxylic acids is 1. The molecule has 8 heteroatoms. The van der Waals surface area contributed by atoms with E-state index >= 15 is 0 Å². The number of aliphatic imine (C=N–C) groups is 1. The lowest BCUT2D eigenvalue weighted by atomic mass is 9.86. The number of Topliss-reactive ketones (excluding diaryl/α,β-unsaturated/α-hetero) is 1. The van der Waals surface area contributed by atoms with E-state index in [0.29, 0.717) is 0 Å². The molecule has 0 atom stereocenters. The Kier molecular flexibility index (Phi) is 13.5. The number of hydrogen-bond acceptors (Lipinski definition) is 3. The van der Waals surface area contributed by atoms with E-state index in [1.807, 2.05) is 6.92 Å². The molecule has 1 aromatic rings. The normalized spacial score (nSPS) is 14.8. The summed E-state index contributed by atoms with van der Waals surface area (Å²) in [5, 5.41) is 9.83. The highest BCUT2D eigenvalue weighted by atomic mass is 19.4. The summed E-state index contributed by atoms with van der Waals surface area (Å²) in [6.07, 6.45) is 1.56. The third kappa shape index (κ3) is 11.1. The van der Waals surface area contributed by atoms with Crippen LogP contribution >= 0.6 is 0 Å². The van der Waals surface area contributed by atoms with Crippen molar-refractivity contribution in [3.05, 3.63) is 28.8 Å². The molecule has 0 aliphatic heterocycles. The molecule has 3 nitrogen and oxygen atoms in total. The fourth-order valence-electron chi connectivity index (χ4n) is 3.27. The zero-order valence-corrected chi connectivity index (χ0v) is 23.3. The molecule has 1 aromatic carbocycles. The van der Waals surface area contributed by atoms with E-state index in [4.69, 9.17) is 0 Å². The number of halogens is 5. The van der Waals surface area contributed by atoms with Crippen molar-refractivity contribution >= 4 is 17.2 Å². The van der Waals surface area contributed by atoms with Crippen LogP contribution in [0.5, 0.6) is 0 Å². The molecule has 36 heavy (non-hydrogen) atoms. The molecule has 1 fully saturated rings. The number of aliphatic hydroxyl groups is 1. The fourth-order valence-corrected chi connectivity index (χ4v) is 3.27. The van der Waals surface area contributed by atoms with Gasteiger partial charge in [0.25, 0.3) is 0 Å². The molecule has 0 aromatic heterocycles. The molecule has 0 radical (unpaired) electrons. The van der Waals surface area contributed by atoms with Gasteiger partial charge in [-0.1, -0.05) is 60.3 Å². The first-order chi connectivity index (χ1) is 16.3. The van der Waals surface area contributed by atoms with Crippen LogP contribution in [-0.4, -0.2) is 22.8 Å². The maximum atomic E-state index is 14.2. The van der Waals surface area contributed by atoms with E-state index in [-0.39, 0.29) is 29.0 Å². The van der Waals surface area contributed by atoms with Crippen molar-refractivity contribution < 1.29 is 31.9 Å². The summed E-state index contributed by atoms with van der Waals surface area (Å²) in [7, 11) is 0. The van der Waals surface area contributed by atoms with Gasteiger partial charge in [-0.15, -0.1) is 0 Å². The number of alkyl halides is 3. The van der Waals surface area contributed by atoms with Crippen molar-refractivity contribution in [1.82, 2.24) is 0 Å². The SMILES string of the molecule is CC1CCC1.CCC(=O)CC(C)(C)C(F)(F)F.CCCC(C)=Nc1c(F)cc(C(C)(C)O)c(F)c1C. The molecule has 0 bridgehead atoms. The lowest BCUT2D eigenvalue weighted by molar-refractivity contribution is -0.213. The highest BCUT2D eigenvalue weighted by molar-refractivity contribution is 5.85. The van der Waals surface area contributed by atoms with E-state index in [1.165, 1.54) is 40.0 Å². The highest BCUT2D eigenvalue weighted by Gasteiger charge is 2.47. The molecule has 0 heterocycles. The molecule has 2 rings (SSSR count). The van der Waals surface area contributed by atoms with Gasteiger partial charge in [-0.2, -0.15) is 13.2 Å². The molecular weight excluding hydrogens is 477 g/mol. The Morgan fingerprint density at radius 2 is 1.61 bits per heavy atom. The van der Waals surface area contributed by atoms with Crippen LogP contribution in [0.1, 0.15) is 111 Å². The molecule has 1 N–H and O–H groups in total. The van der Waals surface area contributed by atoms with Crippen LogP contribution in [0.3, 0.4) is 0 Å². The summed E-state index contributed by atoms with van der Waals surface area (Å²) in [5.41, 5.74) is -2.44. The first-order valence-electron chi connectivity index (χ1n) is 12.6. The largest absolute Gasteiger partial charge is 0.394 e. The van der Waals surface area contributed by atoms with Gasteiger partial charge in [-0.05, 0) is 46.1 Å². The molecule has 0 unspecified atom stereocenters. The van der Waals surface area contributed by atoms with Gasteiger partial charge in [0, 0.05) is 29.7 Å². The Balaban J connectivity index is 0.000000608. The Labute approximate surface area is 213 Å². The number of benzene rings is 1. The standard InChI is InChI=1S/C15H21F2NO.C8H13F3O.C5H10/c1-6-7-9(2)18-14-10(3)13(17)11(8-12(14)16)15(4,5)19;1-4-6(12)5-7(2,3)8(9,10)11;1-5-3-2-4-5/h8,19H,6-7H2,1-5H3;4-5H2,1-3H3;5H,2-4H2,1H3. The predicted molar refractivity (Wildman–Crippen MR) is 137 cm³/mol. The number of rotatable bonds is 7. The lowest BCUT2D eigenvalue weighted by Crippen LogP contribution is -2.34. The lowest BCUT2D eigenvalue weighted by Gasteiger charge is -2.26. The van der Waals surface area contributed by atoms with Gasteiger partial charge < -0.3 is 5.11 Å². The summed E-state index contributed by atoms with van der Waals surface area (Å²) in [5.74, 6) is -0.490. The van der Waals surface area contributed by atoms with Crippen LogP contribution in [-0.2, 0) is 10.4 Å². The van der Waals surface area contributed by atoms with Gasteiger partial charge in [0.1, 0.15) is 23.1 Å². The summed E-state index contributed by atoms with van der Waals surface area (Å²) in [6, 6.07) is 1.03. The zero-order chi connectivity index (χ0) is 28.5. The second kappa shape index (κ2) is 14.2. The zero-order valence-electron chi connectivity index (χ0n) is 23.3. The molecular formula is C28H44F5NO2. The van der Waals surface area contributed by atoms with Crippen molar-refractivity contribution in [3.8, 4) is 0 Å². The van der Waals surface area contributed by atoms with Gasteiger partial charge >= 0.3 is 6.18 Å². The average molecular weight is 522 g/mol. The first kappa shape index (κ1) is 34.2. The molecule has 0 amide bonds. The van der Waals surface area contributed by atoms with E-state index in [1.54, 1.807) is 13.8 Å². The van der Waals surface area contributed by atoms with E-state index in [9.17, 15) is 31.9 Å². The van der Waals surface area contributed by atoms with Crippen LogP contribution in [0.4, 0.5) is 27.6 Å². The third-order valence-electron chi connectivity index (χ3n) is 6.19. The van der Waals surface area contributed by atoms with Crippen molar-refractivity contribution in [2.45, 2.75) is 119 Å². The van der Waals surface area contributed by atoms with Crippen LogP contribution < -0.4 is 0 Å². The quantitative estimate of drug-likeness (QED) is 0.287. The summed E-state index contributed by atoms with van der Waals surface area (Å²) in [6.45, 7) is 14.1. The minimum absolute atomic E-state index is 0.0245. The van der Waals surface area contributed by atoms with Crippen molar-refractivity contribution in [2.75, 3.05) is 0 Å². The Hall–Kier alpha value is -1.83. The monoisotopic (exact) mass is 521 g/mol. The van der Waals surface area contributed by atoms with Gasteiger partial charge in [-0.3, -0.25) is 9.79 Å². The van der Waals surface area contributed by atoms with E-state index in [2.05, 4.69) is 11.9 Å². The van der Waals surface area contributed by atoms with E-state index < -0.39 is 35.2 Å². The summed E-state index contributed by atoms with van der Waals surface area (Å²) in [4.78, 5) is 14.9. The topological polar surface area (TPSA) is 49.7 Å². The second-order valence-corrected chi connectivity index (χ2v) is 10.8. The summed E-state index contributed by atoms with van der Waals surface area (Å²) >= 11 is 0. The van der Waals surface area contributed by atoms with E-state index in [0.717, 1.165) is 44.4 Å². The number of carbonyl (C=O) groups is 1. The molecule has 208 valence electrons. The van der Waals surface area contributed by atoms with Crippen LogP contribution in [0.15, 0.2) is 11.1 Å². The Bertz CT molecular complexity index is 879. The first-order valence-corrected chi connectivity index (χ1v) is 12.6. The fraction of sp³-hybridized carbons (Fsp3) is 0.714. The molecule has 1 saturated carbocycles. The van der Waals surface area contributed by atoms with Gasteiger partial charge in [0.15, 0.2) is 0 Å². The molecule has 1 aliphatic rings. The highest BCUT2D eigenvalue weighted by Crippen LogP contribution is 2.40. The number of nitrogens with zero attached hydrogens (tertiary/aromatic N) is 1. The van der Waals surface area contributed by atoms with Gasteiger partial charge in [0.2, 0.25) is 0 Å². The van der Waals surface area contributed by atoms with Crippen molar-refractivity contribution in [1.29, 1.82) is 0 Å². The van der Waals surface area contributed by atoms with Gasteiger partial charge in [0.05, 0.1) is 11.0 Å². The predicted octanol–water partition coefficient (Wildman–Crippen LogP) is 9.14. The minimum Gasteiger partial charge on any atom is -0.386 e. The maximum Gasteiger partial charge on any atom is 0.394 e. The van der Waals surface area contributed by atoms with Crippen molar-refractivity contribution in [3.63, 3.8) is 0 Å². The molecule has 1 aliphatic carbocycles. The number of hydrogen-bond donors (Lipinski definition) is 1. The maximum absolute atomic E-state index is 14.2. The minimum atomic E-state index is -4.29. The molecule has 0 saturated heterocycles. The smallest absolute Gasteiger partial charge is 0.386 e. The Morgan fingerprint density at radius 1 is 1.11 bits per heavy atom. The van der Waals surface area contributed by atoms with Crippen LogP contribution in [0, 0.1) is 29.9 Å². The van der Waals surface area contributed by atoms with Crippen molar-refractivity contribution in [2.24, 2.45) is 16.3 Å². The summed E-state index contributed by atoms with van der Waals surface area (Å²) < 4.78 is 64.7. The Morgan fingerprint density at radius 3 is 1.94 bits per heavy atom. The average Bonchev–Trinajstić information content (AvgIpc) is 2.71. The molecule has 0 spiro atoms. The second-order valence-electron chi connectivity index (χ2n) is 10.8.